The molecule has 0 fully saturated rings. The van der Waals surface area contributed by atoms with Crippen molar-refractivity contribution in [3.8, 4) is 11.5 Å². The van der Waals surface area contributed by atoms with Gasteiger partial charge in [0.1, 0.15) is 11.5 Å². The second-order valence-electron chi connectivity index (χ2n) is 7.66. The first-order chi connectivity index (χ1) is 15.1. The molecule has 0 aromatic heterocycles. The number of rotatable bonds is 2. The zero-order valence-corrected chi connectivity index (χ0v) is 17.3. The van der Waals surface area contributed by atoms with E-state index in [1.165, 1.54) is 0 Å². The number of amides is 1. The lowest BCUT2D eigenvalue weighted by Gasteiger charge is -2.44. The number of nitrogens with zero attached hydrogens (tertiary/aromatic N) is 1. The van der Waals surface area contributed by atoms with Crippen LogP contribution in [0.3, 0.4) is 0 Å². The van der Waals surface area contributed by atoms with E-state index in [0.717, 1.165) is 22.6 Å². The minimum absolute atomic E-state index is 0.210. The number of carbonyl (C=O) groups is 1. The third-order valence-electron chi connectivity index (χ3n) is 5.98. The van der Waals surface area contributed by atoms with Crippen molar-refractivity contribution in [2.75, 3.05) is 12.4 Å². The molecule has 3 aromatic rings. The Balaban J connectivity index is 1.52. The van der Waals surface area contributed by atoms with Crippen LogP contribution < -0.4 is 20.2 Å². The first kappa shape index (κ1) is 18.3. The van der Waals surface area contributed by atoms with E-state index >= 15 is 0 Å². The fourth-order valence-electron chi connectivity index (χ4n) is 4.51. The molecule has 0 radical (unpaired) electrons. The van der Waals surface area contributed by atoms with E-state index in [0.29, 0.717) is 22.0 Å². The van der Waals surface area contributed by atoms with Gasteiger partial charge in [0.2, 0.25) is 0 Å². The topological polar surface area (TPSA) is 62.8 Å². The smallest absolute Gasteiger partial charge is 0.291 e. The SMILES string of the molecule is COc1ccc(C2=CC3c4ccccc4OC4(C(=O)Nc5ccc(Cl)cc54)N3N2)cc1. The molecule has 6 nitrogen and oxygen atoms in total. The van der Waals surface area contributed by atoms with E-state index in [4.69, 9.17) is 21.1 Å². The fraction of sp³-hybridized carbons (Fsp3) is 0.125. The van der Waals surface area contributed by atoms with Crippen molar-refractivity contribution in [1.29, 1.82) is 0 Å². The van der Waals surface area contributed by atoms with Gasteiger partial charge in [0.05, 0.1) is 24.5 Å². The van der Waals surface area contributed by atoms with Gasteiger partial charge in [-0.2, -0.15) is 5.01 Å². The number of halogens is 1. The van der Waals surface area contributed by atoms with Gasteiger partial charge in [0.15, 0.2) is 0 Å². The molecule has 7 heteroatoms. The van der Waals surface area contributed by atoms with Gasteiger partial charge in [-0.3, -0.25) is 4.79 Å². The van der Waals surface area contributed by atoms with Crippen LogP contribution in [0, 0.1) is 0 Å². The zero-order valence-electron chi connectivity index (χ0n) is 16.6. The third kappa shape index (κ3) is 2.52. The van der Waals surface area contributed by atoms with E-state index in [-0.39, 0.29) is 11.9 Å². The lowest BCUT2D eigenvalue weighted by atomic mass is 9.95. The number of carbonyl (C=O) groups excluding carboxylic acids is 1. The highest BCUT2D eigenvalue weighted by molar-refractivity contribution is 6.31. The van der Waals surface area contributed by atoms with Crippen LogP contribution in [0.5, 0.6) is 11.5 Å². The first-order valence-electron chi connectivity index (χ1n) is 9.92. The molecular formula is C24H18ClN3O3. The molecule has 2 unspecified atom stereocenters. The molecule has 0 saturated heterocycles. The van der Waals surface area contributed by atoms with Gasteiger partial charge in [0.25, 0.3) is 11.6 Å². The average molecular weight is 432 g/mol. The number of anilines is 1. The molecule has 3 aliphatic rings. The maximum absolute atomic E-state index is 13.4. The van der Waals surface area contributed by atoms with Crippen LogP contribution in [0.4, 0.5) is 5.69 Å². The third-order valence-corrected chi connectivity index (χ3v) is 6.22. The number of benzene rings is 3. The quantitative estimate of drug-likeness (QED) is 0.627. The number of hydrogen-bond donors (Lipinski definition) is 2. The molecule has 31 heavy (non-hydrogen) atoms. The van der Waals surface area contributed by atoms with E-state index < -0.39 is 5.72 Å². The van der Waals surface area contributed by atoms with Crippen molar-refractivity contribution in [2.24, 2.45) is 0 Å². The molecule has 1 spiro atoms. The van der Waals surface area contributed by atoms with Crippen molar-refractivity contribution >= 4 is 28.9 Å². The van der Waals surface area contributed by atoms with Crippen LogP contribution in [0.25, 0.3) is 5.70 Å². The van der Waals surface area contributed by atoms with Gasteiger partial charge in [-0.1, -0.05) is 29.8 Å². The minimum Gasteiger partial charge on any atom is -0.497 e. The summed E-state index contributed by atoms with van der Waals surface area (Å²) in [6.07, 6.45) is 2.11. The highest BCUT2D eigenvalue weighted by Gasteiger charge is 2.60. The van der Waals surface area contributed by atoms with Gasteiger partial charge in [-0.05, 0) is 60.2 Å². The molecule has 3 aliphatic heterocycles. The number of nitrogens with one attached hydrogen (secondary N) is 2. The standard InChI is InChI=1S/C24H18ClN3O3/c1-30-16-9-6-14(7-10-16)20-13-21-17-4-2-3-5-22(17)31-24(28(21)27-20)18-12-15(25)8-11-19(18)26-23(24)29/h2-13,21,27H,1H3,(H,26,29). The van der Waals surface area contributed by atoms with Crippen molar-refractivity contribution in [2.45, 2.75) is 11.8 Å². The molecule has 3 heterocycles. The highest BCUT2D eigenvalue weighted by atomic mass is 35.5. The van der Waals surface area contributed by atoms with Crippen LogP contribution in [0.1, 0.15) is 22.7 Å². The first-order valence-corrected chi connectivity index (χ1v) is 10.3. The molecule has 3 aromatic carbocycles. The lowest BCUT2D eigenvalue weighted by molar-refractivity contribution is -0.165. The summed E-state index contributed by atoms with van der Waals surface area (Å²) in [6, 6.07) is 20.7. The molecule has 2 atom stereocenters. The summed E-state index contributed by atoms with van der Waals surface area (Å²) in [7, 11) is 1.64. The maximum Gasteiger partial charge on any atom is 0.291 e. The molecule has 0 aliphatic carbocycles. The number of hydrazine groups is 1. The largest absolute Gasteiger partial charge is 0.497 e. The fourth-order valence-corrected chi connectivity index (χ4v) is 4.68. The van der Waals surface area contributed by atoms with Crippen LogP contribution in [-0.2, 0) is 10.5 Å². The lowest BCUT2D eigenvalue weighted by Crippen LogP contribution is -2.60. The van der Waals surface area contributed by atoms with Gasteiger partial charge in [-0.15, -0.1) is 0 Å². The Kier molecular flexibility index (Phi) is 3.84. The molecule has 0 bridgehead atoms. The Morgan fingerprint density at radius 2 is 1.90 bits per heavy atom. The van der Waals surface area contributed by atoms with Crippen LogP contribution in [0.2, 0.25) is 5.02 Å². The van der Waals surface area contributed by atoms with Gasteiger partial charge < -0.3 is 20.2 Å². The van der Waals surface area contributed by atoms with Crippen LogP contribution in [-0.4, -0.2) is 18.0 Å². The summed E-state index contributed by atoms with van der Waals surface area (Å²) in [5, 5.41) is 5.36. The number of methoxy groups -OCH3 is 1. The minimum atomic E-state index is -1.38. The predicted octanol–water partition coefficient (Wildman–Crippen LogP) is 4.45. The number of fused-ring (bicyclic) bond motifs is 6. The Morgan fingerprint density at radius 3 is 2.71 bits per heavy atom. The Morgan fingerprint density at radius 1 is 1.10 bits per heavy atom. The van der Waals surface area contributed by atoms with Crippen LogP contribution >= 0.6 is 11.6 Å². The summed E-state index contributed by atoms with van der Waals surface area (Å²) < 4.78 is 11.7. The molecule has 6 rings (SSSR count). The Hall–Kier alpha value is -3.48. The summed E-state index contributed by atoms with van der Waals surface area (Å²) in [5.41, 5.74) is 6.26. The van der Waals surface area contributed by atoms with Crippen LogP contribution in [0.15, 0.2) is 72.8 Å². The summed E-state index contributed by atoms with van der Waals surface area (Å²) >= 11 is 6.31. The number of ether oxygens (including phenoxy) is 2. The van der Waals surface area contributed by atoms with E-state index in [1.807, 2.05) is 53.5 Å². The highest BCUT2D eigenvalue weighted by Crippen LogP contribution is 2.53. The monoisotopic (exact) mass is 431 g/mol. The van der Waals surface area contributed by atoms with Gasteiger partial charge >= 0.3 is 0 Å². The molecule has 1 amide bonds. The number of para-hydroxylation sites is 1. The summed E-state index contributed by atoms with van der Waals surface area (Å²) in [6.45, 7) is 0. The zero-order chi connectivity index (χ0) is 21.2. The normalized spacial score (nSPS) is 23.2. The molecular weight excluding hydrogens is 414 g/mol. The predicted molar refractivity (Wildman–Crippen MR) is 118 cm³/mol. The summed E-state index contributed by atoms with van der Waals surface area (Å²) in [4.78, 5) is 13.4. The number of hydrogen-bond acceptors (Lipinski definition) is 5. The van der Waals surface area contributed by atoms with E-state index in [2.05, 4.69) is 16.8 Å². The molecule has 154 valence electrons. The Bertz CT molecular complexity index is 1260. The second kappa shape index (κ2) is 6.51. The van der Waals surface area contributed by atoms with Crippen molar-refractivity contribution < 1.29 is 14.3 Å². The molecule has 2 N–H and O–H groups in total. The van der Waals surface area contributed by atoms with E-state index in [9.17, 15) is 4.79 Å². The van der Waals surface area contributed by atoms with E-state index in [1.54, 1.807) is 25.3 Å². The second-order valence-corrected chi connectivity index (χ2v) is 8.10. The average Bonchev–Trinajstić information content (AvgIpc) is 3.35. The van der Waals surface area contributed by atoms with Crippen molar-refractivity contribution in [1.82, 2.24) is 10.4 Å². The maximum atomic E-state index is 13.4. The van der Waals surface area contributed by atoms with Crippen molar-refractivity contribution in [3.05, 3.63) is 94.5 Å². The van der Waals surface area contributed by atoms with Crippen molar-refractivity contribution in [3.63, 3.8) is 0 Å². The van der Waals surface area contributed by atoms with Gasteiger partial charge in [0, 0.05) is 16.1 Å². The molecule has 0 saturated carbocycles. The Labute approximate surface area is 184 Å². The van der Waals surface area contributed by atoms with Gasteiger partial charge in [-0.25, -0.2) is 0 Å². The summed E-state index contributed by atoms with van der Waals surface area (Å²) in [5.74, 6) is 1.19.